The smallest absolute Gasteiger partial charge is 0.322 e. The van der Waals surface area contributed by atoms with Crippen molar-refractivity contribution in [2.24, 2.45) is 0 Å². The zero-order chi connectivity index (χ0) is 23.0. The fraction of sp³-hybridized carbons (Fsp3) is 0.348. The highest BCUT2D eigenvalue weighted by molar-refractivity contribution is 5.94. The molecule has 3 heterocycles. The molecule has 0 bridgehead atoms. The summed E-state index contributed by atoms with van der Waals surface area (Å²) in [6.45, 7) is 3.42. The van der Waals surface area contributed by atoms with E-state index < -0.39 is 6.04 Å². The number of pyridine rings is 1. The van der Waals surface area contributed by atoms with Crippen LogP contribution in [-0.4, -0.2) is 55.8 Å². The molecule has 2 atom stereocenters. The zero-order valence-corrected chi connectivity index (χ0v) is 18.4. The van der Waals surface area contributed by atoms with E-state index >= 15 is 0 Å². The maximum absolute atomic E-state index is 13.0. The van der Waals surface area contributed by atoms with Crippen LogP contribution in [0, 0.1) is 0 Å². The number of amides is 3. The molecule has 3 amide bonds. The number of carbonyl (C=O) groups excluding carboxylic acids is 2. The molecule has 172 valence electrons. The summed E-state index contributed by atoms with van der Waals surface area (Å²) < 4.78 is 7.21. The summed E-state index contributed by atoms with van der Waals surface area (Å²) in [7, 11) is 0. The quantitative estimate of drug-likeness (QED) is 0.546. The highest BCUT2D eigenvalue weighted by Crippen LogP contribution is 2.18. The lowest BCUT2D eigenvalue weighted by Crippen LogP contribution is -2.39. The van der Waals surface area contributed by atoms with E-state index in [0.29, 0.717) is 24.5 Å². The van der Waals surface area contributed by atoms with Crippen LogP contribution in [0.15, 0.2) is 61.4 Å². The van der Waals surface area contributed by atoms with Crippen LogP contribution >= 0.6 is 0 Å². The van der Waals surface area contributed by atoms with Gasteiger partial charge in [0.25, 0.3) is 0 Å². The van der Waals surface area contributed by atoms with Gasteiger partial charge in [-0.3, -0.25) is 9.78 Å². The number of carbonyl (C=O) groups is 2. The molecule has 1 saturated heterocycles. The van der Waals surface area contributed by atoms with Crippen LogP contribution in [-0.2, 0) is 16.1 Å². The molecule has 0 spiro atoms. The van der Waals surface area contributed by atoms with E-state index in [0.717, 1.165) is 25.0 Å². The average molecular weight is 450 g/mol. The normalized spacial score (nSPS) is 16.2. The number of hydrogen-bond donors (Lipinski definition) is 2. The van der Waals surface area contributed by atoms with Crippen LogP contribution in [0.3, 0.4) is 0 Å². The predicted octanol–water partition coefficient (Wildman–Crippen LogP) is 3.09. The Morgan fingerprint density at radius 1 is 1.18 bits per heavy atom. The van der Waals surface area contributed by atoms with Crippen LogP contribution in [0.4, 0.5) is 16.2 Å². The SMILES string of the molecule is C[C@H](C(=O)Nc1ccc(NC(=O)N(Cc2cccnc2)C[C@@H]2CCCO2)cc1)n1cncn1. The fourth-order valence-corrected chi connectivity index (χ4v) is 3.59. The molecule has 2 N–H and O–H groups in total. The molecule has 2 aromatic heterocycles. The van der Waals surface area contributed by atoms with Crippen LogP contribution in [0.1, 0.15) is 31.4 Å². The van der Waals surface area contributed by atoms with Gasteiger partial charge < -0.3 is 20.3 Å². The molecule has 3 aromatic rings. The Kier molecular flexibility index (Phi) is 7.26. The van der Waals surface area contributed by atoms with Gasteiger partial charge in [0.05, 0.1) is 6.10 Å². The number of anilines is 2. The number of hydrogen-bond acceptors (Lipinski definition) is 6. The van der Waals surface area contributed by atoms with Crippen LogP contribution in [0.25, 0.3) is 0 Å². The first-order valence-electron chi connectivity index (χ1n) is 10.9. The maximum Gasteiger partial charge on any atom is 0.322 e. The number of urea groups is 1. The molecular formula is C23H27N7O3. The first-order valence-corrected chi connectivity index (χ1v) is 10.9. The summed E-state index contributed by atoms with van der Waals surface area (Å²) in [5.74, 6) is -0.212. The minimum atomic E-state index is -0.495. The molecule has 1 aromatic carbocycles. The Morgan fingerprint density at radius 2 is 1.97 bits per heavy atom. The molecule has 10 nitrogen and oxygen atoms in total. The van der Waals surface area contributed by atoms with E-state index in [-0.39, 0.29) is 18.0 Å². The maximum atomic E-state index is 13.0. The molecule has 4 rings (SSSR count). The highest BCUT2D eigenvalue weighted by atomic mass is 16.5. The molecule has 0 unspecified atom stereocenters. The third-order valence-electron chi connectivity index (χ3n) is 5.45. The van der Waals surface area contributed by atoms with E-state index in [9.17, 15) is 9.59 Å². The molecule has 0 radical (unpaired) electrons. The van der Waals surface area contributed by atoms with Crippen molar-refractivity contribution in [3.8, 4) is 0 Å². The van der Waals surface area contributed by atoms with Crippen LogP contribution in [0.5, 0.6) is 0 Å². The molecule has 33 heavy (non-hydrogen) atoms. The predicted molar refractivity (Wildman–Crippen MR) is 122 cm³/mol. The molecule has 1 aliphatic heterocycles. The summed E-state index contributed by atoms with van der Waals surface area (Å²) in [6.07, 6.45) is 8.34. The number of ether oxygens (including phenoxy) is 1. The summed E-state index contributed by atoms with van der Waals surface area (Å²) in [5.41, 5.74) is 2.20. The van der Waals surface area contributed by atoms with E-state index in [1.54, 1.807) is 48.5 Å². The summed E-state index contributed by atoms with van der Waals surface area (Å²) in [4.78, 5) is 35.2. The van der Waals surface area contributed by atoms with Crippen LogP contribution < -0.4 is 10.6 Å². The van der Waals surface area contributed by atoms with Gasteiger partial charge in [-0.15, -0.1) is 0 Å². The van der Waals surface area contributed by atoms with Crippen molar-refractivity contribution in [2.75, 3.05) is 23.8 Å². The van der Waals surface area contributed by atoms with Gasteiger partial charge in [0.1, 0.15) is 18.7 Å². The highest BCUT2D eigenvalue weighted by Gasteiger charge is 2.23. The molecular weight excluding hydrogens is 422 g/mol. The third-order valence-corrected chi connectivity index (χ3v) is 5.45. The Bertz CT molecular complexity index is 1040. The van der Waals surface area contributed by atoms with E-state index in [4.69, 9.17) is 4.74 Å². The summed E-state index contributed by atoms with van der Waals surface area (Å²) in [5, 5.41) is 9.77. The Hall–Kier alpha value is -3.79. The van der Waals surface area contributed by atoms with E-state index in [1.165, 1.54) is 17.3 Å². The lowest BCUT2D eigenvalue weighted by Gasteiger charge is -2.26. The number of aromatic nitrogens is 4. The first-order chi connectivity index (χ1) is 16.1. The second-order valence-corrected chi connectivity index (χ2v) is 7.93. The van der Waals surface area contributed by atoms with Gasteiger partial charge in [-0.1, -0.05) is 6.07 Å². The Morgan fingerprint density at radius 3 is 2.61 bits per heavy atom. The number of benzene rings is 1. The van der Waals surface area contributed by atoms with Crippen molar-refractivity contribution in [1.82, 2.24) is 24.6 Å². The Balaban J connectivity index is 1.37. The van der Waals surface area contributed by atoms with Crippen molar-refractivity contribution in [2.45, 2.75) is 38.5 Å². The van der Waals surface area contributed by atoms with Gasteiger partial charge in [-0.25, -0.2) is 14.5 Å². The van der Waals surface area contributed by atoms with Gasteiger partial charge in [0, 0.05) is 43.5 Å². The lowest BCUT2D eigenvalue weighted by atomic mass is 10.2. The number of rotatable bonds is 8. The topological polar surface area (TPSA) is 114 Å². The minimum Gasteiger partial charge on any atom is -0.376 e. The van der Waals surface area contributed by atoms with Crippen molar-refractivity contribution in [3.05, 3.63) is 67.0 Å². The number of nitrogens with one attached hydrogen (secondary N) is 2. The average Bonchev–Trinajstić information content (AvgIpc) is 3.55. The molecule has 1 aliphatic rings. The molecule has 10 heteroatoms. The number of nitrogens with zero attached hydrogens (tertiary/aromatic N) is 5. The lowest BCUT2D eigenvalue weighted by molar-refractivity contribution is -0.119. The minimum absolute atomic E-state index is 0.0389. The van der Waals surface area contributed by atoms with Gasteiger partial charge in [-0.05, 0) is 55.7 Å². The van der Waals surface area contributed by atoms with Gasteiger partial charge in [0.2, 0.25) is 5.91 Å². The molecule has 0 saturated carbocycles. The summed E-state index contributed by atoms with van der Waals surface area (Å²) >= 11 is 0. The van der Waals surface area contributed by atoms with Crippen molar-refractivity contribution in [3.63, 3.8) is 0 Å². The second-order valence-electron chi connectivity index (χ2n) is 7.93. The van der Waals surface area contributed by atoms with Gasteiger partial charge in [-0.2, -0.15) is 5.10 Å². The standard InChI is InChI=1S/C23H27N7O3/c1-17(30-16-25-15-26-30)22(31)27-19-6-8-20(9-7-19)28-23(32)29(14-21-5-3-11-33-21)13-18-4-2-10-24-12-18/h2,4,6-10,12,15-17,21H,3,5,11,13-14H2,1H3,(H,27,31)(H,28,32)/t17-,21+/m1/s1. The summed E-state index contributed by atoms with van der Waals surface area (Å²) in [6, 6.07) is 10.1. The second kappa shape index (κ2) is 10.7. The van der Waals surface area contributed by atoms with Gasteiger partial charge in [0.15, 0.2) is 0 Å². The van der Waals surface area contributed by atoms with Gasteiger partial charge >= 0.3 is 6.03 Å². The monoisotopic (exact) mass is 449 g/mol. The first kappa shape index (κ1) is 22.4. The third kappa shape index (κ3) is 6.13. The van der Waals surface area contributed by atoms with E-state index in [2.05, 4.69) is 25.7 Å². The molecule has 1 fully saturated rings. The molecule has 0 aliphatic carbocycles. The van der Waals surface area contributed by atoms with Crippen molar-refractivity contribution < 1.29 is 14.3 Å². The zero-order valence-electron chi connectivity index (χ0n) is 18.4. The Labute approximate surface area is 192 Å². The van der Waals surface area contributed by atoms with Crippen molar-refractivity contribution >= 4 is 23.3 Å². The van der Waals surface area contributed by atoms with Crippen molar-refractivity contribution in [1.29, 1.82) is 0 Å². The fourth-order valence-electron chi connectivity index (χ4n) is 3.59. The largest absolute Gasteiger partial charge is 0.376 e. The van der Waals surface area contributed by atoms with E-state index in [1.807, 2.05) is 12.1 Å². The van der Waals surface area contributed by atoms with Crippen LogP contribution in [0.2, 0.25) is 0 Å².